The molecule has 25 heavy (non-hydrogen) atoms. The van der Waals surface area contributed by atoms with Crippen molar-refractivity contribution in [3.8, 4) is 11.8 Å². The lowest BCUT2D eigenvalue weighted by atomic mass is 10.1. The molecule has 0 spiro atoms. The lowest BCUT2D eigenvalue weighted by Gasteiger charge is -2.06. The van der Waals surface area contributed by atoms with Crippen LogP contribution in [0.25, 0.3) is 0 Å². The summed E-state index contributed by atoms with van der Waals surface area (Å²) in [5.41, 5.74) is 3.05. The topological polar surface area (TPSA) is 74.1 Å². The number of rotatable bonds is 7. The summed E-state index contributed by atoms with van der Waals surface area (Å²) >= 11 is 0. The van der Waals surface area contributed by atoms with Crippen molar-refractivity contribution in [1.29, 1.82) is 5.26 Å². The standard InChI is InChI=1S/C20H21N3O2/c1-15-4-3-5-16(12-15)10-11-22-14-17(13-21)20(24)23-18-6-8-19(25-2)9-7-18/h3-9,12,14,22H,10-11H2,1-2H3,(H,23,24)/b17-14-. The number of benzene rings is 2. The van der Waals surface area contributed by atoms with Gasteiger partial charge in [-0.1, -0.05) is 29.8 Å². The number of methoxy groups -OCH3 is 1. The molecule has 0 aliphatic carbocycles. The van der Waals surface area contributed by atoms with E-state index in [9.17, 15) is 10.1 Å². The molecule has 0 unspecified atom stereocenters. The van der Waals surface area contributed by atoms with Gasteiger partial charge in [-0.05, 0) is 43.2 Å². The number of nitrogens with one attached hydrogen (secondary N) is 2. The zero-order valence-corrected chi connectivity index (χ0v) is 14.4. The quantitative estimate of drug-likeness (QED) is 0.463. The van der Waals surface area contributed by atoms with Gasteiger partial charge in [-0.2, -0.15) is 5.26 Å². The van der Waals surface area contributed by atoms with Crippen LogP contribution in [-0.4, -0.2) is 19.6 Å². The highest BCUT2D eigenvalue weighted by Gasteiger charge is 2.09. The molecular weight excluding hydrogens is 314 g/mol. The molecule has 0 aromatic heterocycles. The van der Waals surface area contributed by atoms with Gasteiger partial charge in [0, 0.05) is 18.4 Å². The van der Waals surface area contributed by atoms with E-state index in [4.69, 9.17) is 4.74 Å². The van der Waals surface area contributed by atoms with Crippen LogP contribution in [0.4, 0.5) is 5.69 Å². The number of nitriles is 1. The molecule has 2 aromatic carbocycles. The second kappa shape index (κ2) is 9.14. The van der Waals surface area contributed by atoms with Crippen LogP contribution in [-0.2, 0) is 11.2 Å². The third kappa shape index (κ3) is 5.70. The van der Waals surface area contributed by atoms with Gasteiger partial charge in [0.1, 0.15) is 17.4 Å². The molecule has 1 amide bonds. The van der Waals surface area contributed by atoms with E-state index in [0.29, 0.717) is 18.0 Å². The van der Waals surface area contributed by atoms with Crippen molar-refractivity contribution in [3.05, 3.63) is 71.4 Å². The fourth-order valence-electron chi connectivity index (χ4n) is 2.28. The van der Waals surface area contributed by atoms with Crippen LogP contribution >= 0.6 is 0 Å². The molecule has 128 valence electrons. The molecule has 0 bridgehead atoms. The van der Waals surface area contributed by atoms with Crippen molar-refractivity contribution < 1.29 is 9.53 Å². The third-order valence-electron chi connectivity index (χ3n) is 3.60. The second-order valence-corrected chi connectivity index (χ2v) is 5.55. The molecule has 0 fully saturated rings. The second-order valence-electron chi connectivity index (χ2n) is 5.55. The predicted molar refractivity (Wildman–Crippen MR) is 98.2 cm³/mol. The molecule has 0 aliphatic heterocycles. The number of anilines is 1. The summed E-state index contributed by atoms with van der Waals surface area (Å²) in [5, 5.41) is 14.9. The van der Waals surface area contributed by atoms with Gasteiger partial charge in [0.15, 0.2) is 0 Å². The van der Waals surface area contributed by atoms with E-state index in [-0.39, 0.29) is 5.57 Å². The number of amides is 1. The van der Waals surface area contributed by atoms with Crippen molar-refractivity contribution in [2.24, 2.45) is 0 Å². The first-order valence-electron chi connectivity index (χ1n) is 7.97. The fraction of sp³-hybridized carbons (Fsp3) is 0.200. The minimum Gasteiger partial charge on any atom is -0.497 e. The molecule has 0 atom stereocenters. The van der Waals surface area contributed by atoms with Gasteiger partial charge >= 0.3 is 0 Å². The number of hydrogen-bond donors (Lipinski definition) is 2. The Bertz CT molecular complexity index is 789. The maximum Gasteiger partial charge on any atom is 0.267 e. The first-order chi connectivity index (χ1) is 12.1. The number of ether oxygens (including phenoxy) is 1. The predicted octanol–water partition coefficient (Wildman–Crippen LogP) is 3.18. The van der Waals surface area contributed by atoms with E-state index in [1.54, 1.807) is 31.4 Å². The van der Waals surface area contributed by atoms with Gasteiger partial charge in [0.25, 0.3) is 5.91 Å². The monoisotopic (exact) mass is 335 g/mol. The molecule has 0 heterocycles. The zero-order valence-electron chi connectivity index (χ0n) is 14.4. The van der Waals surface area contributed by atoms with E-state index in [2.05, 4.69) is 22.8 Å². The average molecular weight is 335 g/mol. The molecule has 0 saturated heterocycles. The minimum absolute atomic E-state index is 0.0278. The van der Waals surface area contributed by atoms with Crippen LogP contribution in [0.5, 0.6) is 5.75 Å². The zero-order chi connectivity index (χ0) is 18.1. The van der Waals surface area contributed by atoms with E-state index >= 15 is 0 Å². The summed E-state index contributed by atoms with van der Waals surface area (Å²) in [6.07, 6.45) is 2.27. The Labute approximate surface area is 147 Å². The Morgan fingerprint density at radius 2 is 2.00 bits per heavy atom. The van der Waals surface area contributed by atoms with Crippen molar-refractivity contribution in [1.82, 2.24) is 5.32 Å². The number of hydrogen-bond acceptors (Lipinski definition) is 4. The molecule has 2 aromatic rings. The summed E-state index contributed by atoms with van der Waals surface area (Å²) in [4.78, 5) is 12.1. The van der Waals surface area contributed by atoms with Crippen molar-refractivity contribution in [2.75, 3.05) is 19.0 Å². The molecule has 2 N–H and O–H groups in total. The first kappa shape index (κ1) is 18.1. The third-order valence-corrected chi connectivity index (χ3v) is 3.60. The molecule has 0 radical (unpaired) electrons. The van der Waals surface area contributed by atoms with Crippen LogP contribution in [0.1, 0.15) is 11.1 Å². The maximum absolute atomic E-state index is 12.1. The molecule has 5 heteroatoms. The summed E-state index contributed by atoms with van der Waals surface area (Å²) in [6, 6.07) is 17.1. The largest absolute Gasteiger partial charge is 0.497 e. The highest BCUT2D eigenvalue weighted by atomic mass is 16.5. The number of carbonyl (C=O) groups excluding carboxylic acids is 1. The number of carbonyl (C=O) groups is 1. The van der Waals surface area contributed by atoms with Crippen LogP contribution in [0.3, 0.4) is 0 Å². The molecule has 0 aliphatic rings. The Kier molecular flexibility index (Phi) is 6.61. The SMILES string of the molecule is COc1ccc(NC(=O)/C(C#N)=C\NCCc2cccc(C)c2)cc1. The van der Waals surface area contributed by atoms with Gasteiger partial charge in [0.05, 0.1) is 7.11 Å². The number of nitrogens with zero attached hydrogens (tertiary/aromatic N) is 1. The van der Waals surface area contributed by atoms with Gasteiger partial charge in [0.2, 0.25) is 0 Å². The Balaban J connectivity index is 1.87. The van der Waals surface area contributed by atoms with Gasteiger partial charge in [-0.3, -0.25) is 4.79 Å². The average Bonchev–Trinajstić information content (AvgIpc) is 2.62. The van der Waals surface area contributed by atoms with E-state index in [1.165, 1.54) is 17.3 Å². The van der Waals surface area contributed by atoms with E-state index in [0.717, 1.165) is 6.42 Å². The van der Waals surface area contributed by atoms with Crippen LogP contribution in [0.15, 0.2) is 60.3 Å². The maximum atomic E-state index is 12.1. The van der Waals surface area contributed by atoms with Crippen LogP contribution < -0.4 is 15.4 Å². The normalized spacial score (nSPS) is 10.7. The van der Waals surface area contributed by atoms with Gasteiger partial charge in [-0.15, -0.1) is 0 Å². The van der Waals surface area contributed by atoms with E-state index < -0.39 is 5.91 Å². The Morgan fingerprint density at radius 1 is 1.24 bits per heavy atom. The van der Waals surface area contributed by atoms with Gasteiger partial charge in [-0.25, -0.2) is 0 Å². The minimum atomic E-state index is -0.448. The molecule has 5 nitrogen and oxygen atoms in total. The highest BCUT2D eigenvalue weighted by molar-refractivity contribution is 6.06. The molecular formula is C20H21N3O2. The molecule has 2 rings (SSSR count). The lowest BCUT2D eigenvalue weighted by molar-refractivity contribution is -0.112. The van der Waals surface area contributed by atoms with E-state index in [1.807, 2.05) is 25.1 Å². The smallest absolute Gasteiger partial charge is 0.267 e. The summed E-state index contributed by atoms with van der Waals surface area (Å²) in [5.74, 6) is 0.252. The first-order valence-corrected chi connectivity index (χ1v) is 7.97. The summed E-state index contributed by atoms with van der Waals surface area (Å²) in [7, 11) is 1.58. The van der Waals surface area contributed by atoms with Gasteiger partial charge < -0.3 is 15.4 Å². The van der Waals surface area contributed by atoms with Crippen LogP contribution in [0, 0.1) is 18.3 Å². The van der Waals surface area contributed by atoms with Crippen molar-refractivity contribution in [2.45, 2.75) is 13.3 Å². The highest BCUT2D eigenvalue weighted by Crippen LogP contribution is 2.15. The van der Waals surface area contributed by atoms with Crippen LogP contribution in [0.2, 0.25) is 0 Å². The van der Waals surface area contributed by atoms with Crippen molar-refractivity contribution >= 4 is 11.6 Å². The number of aryl methyl sites for hydroxylation is 1. The fourth-order valence-corrected chi connectivity index (χ4v) is 2.28. The summed E-state index contributed by atoms with van der Waals surface area (Å²) in [6.45, 7) is 2.69. The lowest BCUT2D eigenvalue weighted by Crippen LogP contribution is -2.18. The molecule has 0 saturated carbocycles. The summed E-state index contributed by atoms with van der Waals surface area (Å²) < 4.78 is 5.07. The van der Waals surface area contributed by atoms with Crippen molar-refractivity contribution in [3.63, 3.8) is 0 Å². The Morgan fingerprint density at radius 3 is 2.64 bits per heavy atom. The Hall–Kier alpha value is -3.26.